The molecule has 160 valence electrons. The minimum Gasteiger partial charge on any atom is -0.393 e. The number of hydrogen-bond donors (Lipinski definition) is 3. The van der Waals surface area contributed by atoms with E-state index in [4.69, 9.17) is 0 Å². The molecule has 1 unspecified atom stereocenters. The van der Waals surface area contributed by atoms with E-state index in [0.29, 0.717) is 32.1 Å². The second kappa shape index (κ2) is 12.8. The lowest BCUT2D eigenvalue weighted by molar-refractivity contribution is -0.117. The maximum atomic E-state index is 11.0. The zero-order valence-electron chi connectivity index (χ0n) is 17.6. The molecular formula is C25H36O4. The standard InChI is InChI=1S/C25H36O4/c1-19(26)10-5-2-3-8-15-22-23(25(29)18-24(22)28)17-16-21(27)14-9-13-20-11-6-4-7-12-20/h4,6-7,11-12,21-25,27-29H,2-3,5,8,10,13,15-18H2,1H3/t21?,22-,23-,24+,25-/m1/s1. The Bertz CT molecular complexity index is 660. The van der Waals surface area contributed by atoms with Crippen molar-refractivity contribution < 1.29 is 20.1 Å². The first-order valence-electron chi connectivity index (χ1n) is 11.0. The summed E-state index contributed by atoms with van der Waals surface area (Å²) in [5, 5.41) is 30.9. The van der Waals surface area contributed by atoms with Crippen molar-refractivity contribution in [3.63, 3.8) is 0 Å². The number of aliphatic hydroxyl groups excluding tert-OH is 3. The summed E-state index contributed by atoms with van der Waals surface area (Å²) < 4.78 is 0. The highest BCUT2D eigenvalue weighted by atomic mass is 16.3. The van der Waals surface area contributed by atoms with E-state index in [2.05, 4.69) is 11.8 Å². The molecule has 0 saturated heterocycles. The van der Waals surface area contributed by atoms with Crippen LogP contribution in [0.4, 0.5) is 0 Å². The molecule has 5 atom stereocenters. The Morgan fingerprint density at radius 3 is 2.38 bits per heavy atom. The fraction of sp³-hybridized carbons (Fsp3) is 0.640. The van der Waals surface area contributed by atoms with Crippen LogP contribution in [0.5, 0.6) is 0 Å². The van der Waals surface area contributed by atoms with E-state index in [9.17, 15) is 20.1 Å². The Morgan fingerprint density at radius 1 is 1.03 bits per heavy atom. The van der Waals surface area contributed by atoms with Gasteiger partial charge in [-0.1, -0.05) is 61.4 Å². The molecule has 1 aliphatic carbocycles. The first-order chi connectivity index (χ1) is 14.0. The van der Waals surface area contributed by atoms with Gasteiger partial charge in [0.2, 0.25) is 0 Å². The average Bonchev–Trinajstić information content (AvgIpc) is 2.96. The minimum absolute atomic E-state index is 0.0211. The molecule has 3 N–H and O–H groups in total. The fourth-order valence-corrected chi connectivity index (χ4v) is 4.38. The summed E-state index contributed by atoms with van der Waals surface area (Å²) in [5.74, 6) is 6.29. The number of Topliss-reactive ketones (excluding diaryl/α,β-unsaturated/α-hetero) is 1. The predicted molar refractivity (Wildman–Crippen MR) is 115 cm³/mol. The lowest BCUT2D eigenvalue weighted by atomic mass is 9.85. The summed E-state index contributed by atoms with van der Waals surface area (Å²) >= 11 is 0. The molecule has 4 heteroatoms. The van der Waals surface area contributed by atoms with Gasteiger partial charge in [0.15, 0.2) is 0 Å². The molecule has 1 aromatic carbocycles. The number of benzene rings is 1. The number of aliphatic hydroxyl groups is 3. The van der Waals surface area contributed by atoms with E-state index in [1.807, 2.05) is 30.3 Å². The van der Waals surface area contributed by atoms with E-state index in [0.717, 1.165) is 37.7 Å². The summed E-state index contributed by atoms with van der Waals surface area (Å²) in [5.41, 5.74) is 1.13. The molecule has 29 heavy (non-hydrogen) atoms. The fourth-order valence-electron chi connectivity index (χ4n) is 4.38. The van der Waals surface area contributed by atoms with Gasteiger partial charge in [-0.25, -0.2) is 0 Å². The van der Waals surface area contributed by atoms with Crippen LogP contribution in [0, 0.1) is 23.7 Å². The van der Waals surface area contributed by atoms with Crippen LogP contribution in [0.3, 0.4) is 0 Å². The van der Waals surface area contributed by atoms with E-state index < -0.39 is 18.3 Å². The van der Waals surface area contributed by atoms with Crippen LogP contribution >= 0.6 is 0 Å². The van der Waals surface area contributed by atoms with Crippen molar-refractivity contribution in [2.75, 3.05) is 0 Å². The highest BCUT2D eigenvalue weighted by Crippen LogP contribution is 2.39. The molecule has 0 spiro atoms. The predicted octanol–water partition coefficient (Wildman–Crippen LogP) is 3.66. The maximum Gasteiger partial charge on any atom is 0.129 e. The van der Waals surface area contributed by atoms with Gasteiger partial charge in [-0.05, 0) is 56.4 Å². The third-order valence-corrected chi connectivity index (χ3v) is 6.02. The lowest BCUT2D eigenvalue weighted by Gasteiger charge is -2.24. The Hall–Kier alpha value is -1.67. The lowest BCUT2D eigenvalue weighted by Crippen LogP contribution is -2.23. The molecule has 0 bridgehead atoms. The Kier molecular flexibility index (Phi) is 10.4. The van der Waals surface area contributed by atoms with Crippen molar-refractivity contribution in [3.8, 4) is 11.8 Å². The van der Waals surface area contributed by atoms with Gasteiger partial charge in [-0.3, -0.25) is 0 Å². The van der Waals surface area contributed by atoms with Gasteiger partial charge in [0.1, 0.15) is 11.9 Å². The first kappa shape index (κ1) is 23.6. The second-order valence-electron chi connectivity index (χ2n) is 8.43. The van der Waals surface area contributed by atoms with E-state index in [1.165, 1.54) is 0 Å². The van der Waals surface area contributed by atoms with Crippen molar-refractivity contribution in [1.82, 2.24) is 0 Å². The van der Waals surface area contributed by atoms with Gasteiger partial charge >= 0.3 is 0 Å². The first-order valence-corrected chi connectivity index (χ1v) is 11.0. The van der Waals surface area contributed by atoms with Crippen LogP contribution in [0.15, 0.2) is 30.3 Å². The number of ketones is 1. The van der Waals surface area contributed by atoms with Crippen molar-refractivity contribution in [2.45, 2.75) is 89.4 Å². The van der Waals surface area contributed by atoms with Crippen molar-refractivity contribution in [1.29, 1.82) is 0 Å². The van der Waals surface area contributed by atoms with Gasteiger partial charge in [0.05, 0.1) is 12.2 Å². The molecule has 0 aliphatic heterocycles. The highest BCUT2D eigenvalue weighted by Gasteiger charge is 2.40. The summed E-state index contributed by atoms with van der Waals surface area (Å²) in [6.45, 7) is 1.63. The van der Waals surface area contributed by atoms with Gasteiger partial charge in [0, 0.05) is 12.8 Å². The van der Waals surface area contributed by atoms with Crippen LogP contribution in [0.1, 0.15) is 70.3 Å². The second-order valence-corrected chi connectivity index (χ2v) is 8.43. The number of carbonyl (C=O) groups excluding carboxylic acids is 1. The summed E-state index contributed by atoms with van der Waals surface area (Å²) in [4.78, 5) is 11.0. The number of unbranched alkanes of at least 4 members (excludes halogenated alkanes) is 3. The number of rotatable bonds is 11. The molecule has 1 saturated carbocycles. The van der Waals surface area contributed by atoms with Crippen LogP contribution in [0.25, 0.3) is 0 Å². The molecule has 0 aromatic heterocycles. The normalized spacial score (nSPS) is 24.7. The quantitative estimate of drug-likeness (QED) is 0.391. The summed E-state index contributed by atoms with van der Waals surface area (Å²) in [6.07, 6.45) is 6.13. The molecule has 0 amide bonds. The smallest absolute Gasteiger partial charge is 0.129 e. The molecule has 0 heterocycles. The highest BCUT2D eigenvalue weighted by molar-refractivity contribution is 5.75. The summed E-state index contributed by atoms with van der Waals surface area (Å²) in [7, 11) is 0. The van der Waals surface area contributed by atoms with Crippen molar-refractivity contribution >= 4 is 5.78 Å². The Labute approximate surface area is 175 Å². The van der Waals surface area contributed by atoms with E-state index in [1.54, 1.807) is 6.92 Å². The van der Waals surface area contributed by atoms with Gasteiger partial charge in [-0.2, -0.15) is 0 Å². The van der Waals surface area contributed by atoms with Crippen LogP contribution in [-0.4, -0.2) is 39.4 Å². The molecular weight excluding hydrogens is 364 g/mol. The minimum atomic E-state index is -0.698. The van der Waals surface area contributed by atoms with E-state index >= 15 is 0 Å². The molecule has 4 nitrogen and oxygen atoms in total. The van der Waals surface area contributed by atoms with Gasteiger partial charge in [-0.15, -0.1) is 0 Å². The molecule has 1 fully saturated rings. The largest absolute Gasteiger partial charge is 0.393 e. The topological polar surface area (TPSA) is 77.8 Å². The Morgan fingerprint density at radius 2 is 1.69 bits per heavy atom. The van der Waals surface area contributed by atoms with Crippen LogP contribution in [-0.2, 0) is 11.2 Å². The molecule has 1 aliphatic rings. The number of carbonyl (C=O) groups is 1. The van der Waals surface area contributed by atoms with Gasteiger partial charge < -0.3 is 20.1 Å². The van der Waals surface area contributed by atoms with Crippen LogP contribution < -0.4 is 0 Å². The number of hydrogen-bond acceptors (Lipinski definition) is 4. The third kappa shape index (κ3) is 8.70. The molecule has 0 radical (unpaired) electrons. The maximum absolute atomic E-state index is 11.0. The average molecular weight is 401 g/mol. The monoisotopic (exact) mass is 400 g/mol. The Balaban J connectivity index is 1.73. The van der Waals surface area contributed by atoms with E-state index in [-0.39, 0.29) is 17.6 Å². The third-order valence-electron chi connectivity index (χ3n) is 6.02. The van der Waals surface area contributed by atoms with Crippen molar-refractivity contribution in [3.05, 3.63) is 35.9 Å². The van der Waals surface area contributed by atoms with Crippen LogP contribution in [0.2, 0.25) is 0 Å². The zero-order valence-corrected chi connectivity index (χ0v) is 17.6. The summed E-state index contributed by atoms with van der Waals surface area (Å²) in [6, 6.07) is 9.95. The molecule has 2 rings (SSSR count). The van der Waals surface area contributed by atoms with Gasteiger partial charge in [0.25, 0.3) is 0 Å². The van der Waals surface area contributed by atoms with Crippen molar-refractivity contribution in [2.24, 2.45) is 11.8 Å². The SMILES string of the molecule is CC(=O)CCCCCC[C@@H]1[C@@H](CCC(O)C#CCc2ccccc2)[C@H](O)C[C@@H]1O. The molecule has 1 aromatic rings. The zero-order chi connectivity index (χ0) is 21.1.